The highest BCUT2D eigenvalue weighted by Crippen LogP contribution is 2.31. The lowest BCUT2D eigenvalue weighted by atomic mass is 9.99. The lowest BCUT2D eigenvalue weighted by molar-refractivity contribution is 0.102. The third-order valence-corrected chi connectivity index (χ3v) is 5.13. The Balaban J connectivity index is 0.00000225. The second-order valence-electron chi connectivity index (χ2n) is 7.43. The maximum Gasteiger partial charge on any atom is 0.189 e. The number of nitrogens with two attached hydrogens (primary N) is 1. The monoisotopic (exact) mass is 458 g/mol. The van der Waals surface area contributed by atoms with E-state index in [0.717, 1.165) is 24.3 Å². The molecular weight excluding hydrogens is 427 g/mol. The number of ether oxygens (including phenoxy) is 1. The molecule has 0 saturated carbocycles. The summed E-state index contributed by atoms with van der Waals surface area (Å²) >= 11 is 0. The topological polar surface area (TPSA) is 62.9 Å². The first-order valence-electron chi connectivity index (χ1n) is 9.09. The van der Waals surface area contributed by atoms with Gasteiger partial charge in [0.05, 0.1) is 19.2 Å². The summed E-state index contributed by atoms with van der Waals surface area (Å²) in [5.74, 6) is 1.48. The molecule has 25 heavy (non-hydrogen) atoms. The fourth-order valence-electron chi connectivity index (χ4n) is 3.59. The van der Waals surface area contributed by atoms with Gasteiger partial charge >= 0.3 is 0 Å². The number of nitrogens with zero attached hydrogens (tertiary/aromatic N) is 2. The third kappa shape index (κ3) is 5.23. The molecule has 6 heteroatoms. The number of hydrogen-bond acceptors (Lipinski definition) is 3. The SMILES string of the molecule is CC(C)(CN=C(N)NC1CCOc2ccccc21)N1CCCCC1.I. The lowest BCUT2D eigenvalue weighted by Crippen LogP contribution is -2.49. The molecule has 3 rings (SSSR count). The van der Waals surface area contributed by atoms with E-state index in [9.17, 15) is 0 Å². The van der Waals surface area contributed by atoms with E-state index in [1.54, 1.807) is 0 Å². The van der Waals surface area contributed by atoms with Crippen LogP contribution >= 0.6 is 24.0 Å². The molecule has 0 aromatic heterocycles. The quantitative estimate of drug-likeness (QED) is 0.413. The molecule has 0 amide bonds. The van der Waals surface area contributed by atoms with Gasteiger partial charge in [0.15, 0.2) is 5.96 Å². The van der Waals surface area contributed by atoms with Gasteiger partial charge in [0.25, 0.3) is 0 Å². The highest BCUT2D eigenvalue weighted by Gasteiger charge is 2.28. The molecule has 2 aliphatic heterocycles. The minimum Gasteiger partial charge on any atom is -0.493 e. The van der Waals surface area contributed by atoms with E-state index in [0.29, 0.717) is 12.6 Å². The summed E-state index contributed by atoms with van der Waals surface area (Å²) in [5, 5.41) is 3.38. The van der Waals surface area contributed by atoms with Crippen molar-refractivity contribution in [1.82, 2.24) is 10.2 Å². The Morgan fingerprint density at radius 1 is 1.28 bits per heavy atom. The minimum atomic E-state index is 0. The maximum atomic E-state index is 6.18. The predicted molar refractivity (Wildman–Crippen MR) is 114 cm³/mol. The van der Waals surface area contributed by atoms with Crippen molar-refractivity contribution in [3.8, 4) is 5.75 Å². The first-order chi connectivity index (χ1) is 11.6. The Morgan fingerprint density at radius 3 is 2.76 bits per heavy atom. The van der Waals surface area contributed by atoms with Crippen molar-refractivity contribution in [2.45, 2.75) is 51.1 Å². The second-order valence-corrected chi connectivity index (χ2v) is 7.43. The van der Waals surface area contributed by atoms with Gasteiger partial charge in [0.2, 0.25) is 0 Å². The molecular formula is C19H31IN4O. The Labute approximate surface area is 168 Å². The Hall–Kier alpha value is -1.02. The molecule has 0 spiro atoms. The molecule has 140 valence electrons. The van der Waals surface area contributed by atoms with Crippen molar-refractivity contribution < 1.29 is 4.74 Å². The maximum absolute atomic E-state index is 6.18. The molecule has 0 aliphatic carbocycles. The standard InChI is InChI=1S/C19H30N4O.HI/c1-19(2,23-11-6-3-7-12-23)14-21-18(20)22-16-10-13-24-17-9-5-4-8-15(16)17;/h4-5,8-9,16H,3,6-7,10-14H2,1-2H3,(H3,20,21,22);1H. The highest BCUT2D eigenvalue weighted by molar-refractivity contribution is 14.0. The van der Waals surface area contributed by atoms with Crippen molar-refractivity contribution in [3.05, 3.63) is 29.8 Å². The Bertz CT molecular complexity index is 585. The number of rotatable bonds is 4. The normalized spacial score (nSPS) is 21.7. The van der Waals surface area contributed by atoms with E-state index in [1.807, 2.05) is 18.2 Å². The summed E-state index contributed by atoms with van der Waals surface area (Å²) in [6.45, 7) is 8.29. The van der Waals surface area contributed by atoms with Gasteiger partial charge in [0, 0.05) is 17.5 Å². The van der Waals surface area contributed by atoms with Crippen LogP contribution in [0.5, 0.6) is 5.75 Å². The number of halogens is 1. The van der Waals surface area contributed by atoms with Gasteiger partial charge < -0.3 is 15.8 Å². The number of benzene rings is 1. The molecule has 5 nitrogen and oxygen atoms in total. The van der Waals surface area contributed by atoms with Crippen LogP contribution < -0.4 is 15.8 Å². The van der Waals surface area contributed by atoms with Crippen molar-refractivity contribution in [2.75, 3.05) is 26.2 Å². The first kappa shape index (κ1) is 20.3. The molecule has 1 saturated heterocycles. The molecule has 2 heterocycles. The van der Waals surface area contributed by atoms with Crippen molar-refractivity contribution >= 4 is 29.9 Å². The van der Waals surface area contributed by atoms with Crippen LogP contribution in [-0.2, 0) is 0 Å². The van der Waals surface area contributed by atoms with Gasteiger partial charge in [-0.15, -0.1) is 24.0 Å². The van der Waals surface area contributed by atoms with Crippen molar-refractivity contribution in [2.24, 2.45) is 10.7 Å². The zero-order chi connectivity index (χ0) is 17.0. The summed E-state index contributed by atoms with van der Waals surface area (Å²) in [6.07, 6.45) is 4.84. The second kappa shape index (κ2) is 9.07. The molecule has 2 aliphatic rings. The van der Waals surface area contributed by atoms with E-state index in [-0.39, 0.29) is 35.6 Å². The highest BCUT2D eigenvalue weighted by atomic mass is 127. The van der Waals surface area contributed by atoms with Crippen LogP contribution in [0.1, 0.15) is 51.1 Å². The van der Waals surface area contributed by atoms with E-state index in [4.69, 9.17) is 10.5 Å². The van der Waals surface area contributed by atoms with E-state index in [1.165, 1.54) is 32.4 Å². The fraction of sp³-hybridized carbons (Fsp3) is 0.632. The number of guanidine groups is 1. The van der Waals surface area contributed by atoms with Crippen molar-refractivity contribution in [1.29, 1.82) is 0 Å². The summed E-state index contributed by atoms with van der Waals surface area (Å²) in [4.78, 5) is 7.18. The summed E-state index contributed by atoms with van der Waals surface area (Å²) < 4.78 is 5.70. The summed E-state index contributed by atoms with van der Waals surface area (Å²) in [7, 11) is 0. The van der Waals surface area contributed by atoms with Crippen LogP contribution in [0.25, 0.3) is 0 Å². The van der Waals surface area contributed by atoms with Crippen molar-refractivity contribution in [3.63, 3.8) is 0 Å². The number of aliphatic imine (C=N–C) groups is 1. The predicted octanol–water partition coefficient (Wildman–Crippen LogP) is 3.30. The van der Waals surface area contributed by atoms with Crippen LogP contribution in [0.4, 0.5) is 0 Å². The fourth-order valence-corrected chi connectivity index (χ4v) is 3.59. The number of likely N-dealkylation sites (tertiary alicyclic amines) is 1. The van der Waals surface area contributed by atoms with Gasteiger partial charge in [-0.3, -0.25) is 9.89 Å². The van der Waals surface area contributed by atoms with E-state index >= 15 is 0 Å². The van der Waals surface area contributed by atoms with Crippen LogP contribution in [-0.4, -0.2) is 42.6 Å². The molecule has 0 bridgehead atoms. The molecule has 0 radical (unpaired) electrons. The summed E-state index contributed by atoms with van der Waals surface area (Å²) in [5.41, 5.74) is 7.40. The smallest absolute Gasteiger partial charge is 0.189 e. The minimum absolute atomic E-state index is 0. The zero-order valence-electron chi connectivity index (χ0n) is 15.3. The molecule has 1 atom stereocenters. The van der Waals surface area contributed by atoms with Gasteiger partial charge in [-0.25, -0.2) is 0 Å². The zero-order valence-corrected chi connectivity index (χ0v) is 17.7. The average Bonchev–Trinajstić information content (AvgIpc) is 2.61. The molecule has 1 fully saturated rings. The van der Waals surface area contributed by atoms with Gasteiger partial charge in [-0.2, -0.15) is 0 Å². The number of para-hydroxylation sites is 1. The largest absolute Gasteiger partial charge is 0.493 e. The number of fused-ring (bicyclic) bond motifs is 1. The van der Waals surface area contributed by atoms with Crippen LogP contribution in [0.2, 0.25) is 0 Å². The summed E-state index contributed by atoms with van der Waals surface area (Å²) in [6, 6.07) is 8.32. The number of hydrogen-bond donors (Lipinski definition) is 2. The Morgan fingerprint density at radius 2 is 2.00 bits per heavy atom. The number of nitrogens with one attached hydrogen (secondary N) is 1. The average molecular weight is 458 g/mol. The van der Waals surface area contributed by atoms with E-state index < -0.39 is 0 Å². The van der Waals surface area contributed by atoms with Gasteiger partial charge in [0.1, 0.15) is 5.75 Å². The molecule has 1 aromatic carbocycles. The van der Waals surface area contributed by atoms with E-state index in [2.05, 4.69) is 35.1 Å². The molecule has 1 aromatic rings. The van der Waals surface area contributed by atoms with Crippen LogP contribution in [0.3, 0.4) is 0 Å². The first-order valence-corrected chi connectivity index (χ1v) is 9.09. The van der Waals surface area contributed by atoms with Crippen LogP contribution in [0, 0.1) is 0 Å². The number of piperidine rings is 1. The van der Waals surface area contributed by atoms with Gasteiger partial charge in [-0.1, -0.05) is 24.6 Å². The lowest BCUT2D eigenvalue weighted by Gasteiger charge is -2.40. The van der Waals surface area contributed by atoms with Gasteiger partial charge in [-0.05, 0) is 45.8 Å². The Kier molecular flexibility index (Phi) is 7.37. The van der Waals surface area contributed by atoms with Crippen LogP contribution in [0.15, 0.2) is 29.3 Å². The molecule has 3 N–H and O–H groups in total. The molecule has 1 unspecified atom stereocenters. The third-order valence-electron chi connectivity index (χ3n) is 5.13.